The van der Waals surface area contributed by atoms with Crippen molar-refractivity contribution in [2.45, 2.75) is 12.6 Å². The van der Waals surface area contributed by atoms with Crippen molar-refractivity contribution in [3.05, 3.63) is 35.4 Å². The van der Waals surface area contributed by atoms with Crippen LogP contribution in [-0.2, 0) is 17.4 Å². The number of halogens is 3. The lowest BCUT2D eigenvalue weighted by molar-refractivity contribution is -0.138. The first-order chi connectivity index (χ1) is 8.80. The Morgan fingerprint density at radius 3 is 2.47 bits per heavy atom. The van der Waals surface area contributed by atoms with Crippen LogP contribution in [0, 0.1) is 0 Å². The number of carbonyl (C=O) groups excluding carboxylic acids is 1. The highest BCUT2D eigenvalue weighted by Gasteiger charge is 2.32. The van der Waals surface area contributed by atoms with Crippen LogP contribution >= 0.6 is 0 Å². The first-order valence-electron chi connectivity index (χ1n) is 5.87. The second-order valence-electron chi connectivity index (χ2n) is 4.49. The maximum Gasteiger partial charge on any atom is 0.416 e. The Balaban J connectivity index is 2.57. The molecule has 1 aromatic carbocycles. The summed E-state index contributed by atoms with van der Waals surface area (Å²) in [6, 6.07) is 5.40. The number of carbonyl (C=O) groups is 1. The number of hydrogen-bond donors (Lipinski definition) is 1. The fourth-order valence-corrected chi connectivity index (χ4v) is 1.69. The Morgan fingerprint density at radius 1 is 1.26 bits per heavy atom. The third kappa shape index (κ3) is 5.30. The molecule has 1 rings (SSSR count). The number of amides is 1. The zero-order chi connectivity index (χ0) is 14.5. The molecule has 0 spiro atoms. The molecule has 0 saturated carbocycles. The molecule has 1 amide bonds. The Kier molecular flexibility index (Phi) is 5.35. The second kappa shape index (κ2) is 6.56. The predicted molar refractivity (Wildman–Crippen MR) is 66.7 cm³/mol. The van der Waals surface area contributed by atoms with Crippen molar-refractivity contribution in [3.8, 4) is 0 Å². The van der Waals surface area contributed by atoms with Crippen LogP contribution in [0.3, 0.4) is 0 Å². The van der Waals surface area contributed by atoms with E-state index in [1.165, 1.54) is 12.1 Å². The molecule has 0 unspecified atom stereocenters. The van der Waals surface area contributed by atoms with Crippen molar-refractivity contribution in [2.75, 3.05) is 27.2 Å². The number of nitrogens with zero attached hydrogens (tertiary/aromatic N) is 1. The van der Waals surface area contributed by atoms with Crippen molar-refractivity contribution in [1.82, 2.24) is 10.2 Å². The molecular formula is C13H17F3N2O. The Bertz CT molecular complexity index is 430. The number of rotatable bonds is 5. The summed E-state index contributed by atoms with van der Waals surface area (Å²) in [6.45, 7) is 0.417. The van der Waals surface area contributed by atoms with Gasteiger partial charge >= 0.3 is 6.18 Å². The molecule has 0 aliphatic carbocycles. The van der Waals surface area contributed by atoms with Gasteiger partial charge in [-0.05, 0) is 32.1 Å². The fraction of sp³-hybridized carbons (Fsp3) is 0.462. The molecule has 3 nitrogen and oxygen atoms in total. The van der Waals surface area contributed by atoms with Gasteiger partial charge in [-0.1, -0.05) is 18.2 Å². The summed E-state index contributed by atoms with van der Waals surface area (Å²) in [6.07, 6.45) is -4.20. The average molecular weight is 274 g/mol. The number of alkyl halides is 3. The van der Waals surface area contributed by atoms with Crippen LogP contribution in [0.15, 0.2) is 24.3 Å². The minimum atomic E-state index is -4.36. The number of hydrogen-bond acceptors (Lipinski definition) is 2. The van der Waals surface area contributed by atoms with Crippen molar-refractivity contribution in [2.24, 2.45) is 0 Å². The highest BCUT2D eigenvalue weighted by molar-refractivity contribution is 5.77. The standard InChI is InChI=1S/C13H17F3N2O/c1-18(2)9-12(19)17-8-7-10-5-3-4-6-11(10)13(14,15)16/h3-6H,7-9H2,1-2H3,(H,17,19). The average Bonchev–Trinajstić information content (AvgIpc) is 2.27. The molecule has 106 valence electrons. The van der Waals surface area contributed by atoms with E-state index in [0.717, 1.165) is 6.07 Å². The van der Waals surface area contributed by atoms with Gasteiger partial charge in [0.15, 0.2) is 0 Å². The molecule has 1 aromatic rings. The van der Waals surface area contributed by atoms with E-state index in [1.54, 1.807) is 25.1 Å². The van der Waals surface area contributed by atoms with Crippen molar-refractivity contribution >= 4 is 5.91 Å². The molecule has 0 atom stereocenters. The van der Waals surface area contributed by atoms with Crippen LogP contribution in [0.1, 0.15) is 11.1 Å². The predicted octanol–water partition coefficient (Wildman–Crippen LogP) is 1.93. The summed E-state index contributed by atoms with van der Waals surface area (Å²) in [4.78, 5) is 13.0. The Labute approximate surface area is 110 Å². The van der Waals surface area contributed by atoms with Gasteiger partial charge in [-0.25, -0.2) is 0 Å². The first kappa shape index (κ1) is 15.5. The molecule has 0 saturated heterocycles. The molecule has 0 aromatic heterocycles. The van der Waals surface area contributed by atoms with E-state index >= 15 is 0 Å². The number of nitrogens with one attached hydrogen (secondary N) is 1. The van der Waals surface area contributed by atoms with Crippen LogP contribution in [0.2, 0.25) is 0 Å². The zero-order valence-electron chi connectivity index (χ0n) is 10.9. The summed E-state index contributed by atoms with van der Waals surface area (Å²) < 4.78 is 38.1. The summed E-state index contributed by atoms with van der Waals surface area (Å²) in [5.41, 5.74) is -0.447. The third-order valence-corrected chi connectivity index (χ3v) is 2.50. The lowest BCUT2D eigenvalue weighted by Gasteiger charge is -2.13. The van der Waals surface area contributed by atoms with E-state index in [9.17, 15) is 18.0 Å². The number of likely N-dealkylation sites (N-methyl/N-ethyl adjacent to an activating group) is 1. The van der Waals surface area contributed by atoms with Crippen molar-refractivity contribution < 1.29 is 18.0 Å². The molecule has 0 heterocycles. The largest absolute Gasteiger partial charge is 0.416 e. The van der Waals surface area contributed by atoms with Crippen LogP contribution in [-0.4, -0.2) is 38.0 Å². The van der Waals surface area contributed by atoms with E-state index in [4.69, 9.17) is 0 Å². The lowest BCUT2D eigenvalue weighted by atomic mass is 10.0. The quantitative estimate of drug-likeness (QED) is 0.889. The second-order valence-corrected chi connectivity index (χ2v) is 4.49. The minimum Gasteiger partial charge on any atom is -0.355 e. The van der Waals surface area contributed by atoms with Gasteiger partial charge < -0.3 is 10.2 Å². The maximum absolute atomic E-state index is 12.7. The van der Waals surface area contributed by atoms with Gasteiger partial charge in [-0.2, -0.15) is 13.2 Å². The van der Waals surface area contributed by atoms with Gasteiger partial charge in [0, 0.05) is 6.54 Å². The van der Waals surface area contributed by atoms with E-state index < -0.39 is 11.7 Å². The third-order valence-electron chi connectivity index (χ3n) is 2.50. The van der Waals surface area contributed by atoms with Crippen LogP contribution in [0.4, 0.5) is 13.2 Å². The van der Waals surface area contributed by atoms with Crippen molar-refractivity contribution in [1.29, 1.82) is 0 Å². The van der Waals surface area contributed by atoms with Gasteiger partial charge in [-0.15, -0.1) is 0 Å². The molecule has 6 heteroatoms. The molecule has 0 aliphatic heterocycles. The van der Waals surface area contributed by atoms with Gasteiger partial charge in [0.2, 0.25) is 5.91 Å². The molecule has 1 N–H and O–H groups in total. The van der Waals surface area contributed by atoms with E-state index in [-0.39, 0.29) is 31.0 Å². The van der Waals surface area contributed by atoms with Crippen molar-refractivity contribution in [3.63, 3.8) is 0 Å². The monoisotopic (exact) mass is 274 g/mol. The topological polar surface area (TPSA) is 32.3 Å². The van der Waals surface area contributed by atoms with Crippen LogP contribution in [0.25, 0.3) is 0 Å². The van der Waals surface area contributed by atoms with Gasteiger partial charge in [0.05, 0.1) is 12.1 Å². The summed E-state index contributed by atoms with van der Waals surface area (Å²) in [5, 5.41) is 2.59. The first-order valence-corrected chi connectivity index (χ1v) is 5.87. The Hall–Kier alpha value is -1.56. The summed E-state index contributed by atoms with van der Waals surface area (Å²) >= 11 is 0. The minimum absolute atomic E-state index is 0.162. The number of benzene rings is 1. The van der Waals surface area contributed by atoms with Gasteiger partial charge in [-0.3, -0.25) is 4.79 Å². The van der Waals surface area contributed by atoms with E-state index in [1.807, 2.05) is 0 Å². The summed E-state index contributed by atoms with van der Waals surface area (Å²) in [5.74, 6) is -0.200. The fourth-order valence-electron chi connectivity index (χ4n) is 1.69. The molecule has 0 bridgehead atoms. The summed E-state index contributed by atoms with van der Waals surface area (Å²) in [7, 11) is 3.50. The Morgan fingerprint density at radius 2 is 1.89 bits per heavy atom. The zero-order valence-corrected chi connectivity index (χ0v) is 10.9. The van der Waals surface area contributed by atoms with E-state index in [0.29, 0.717) is 0 Å². The molecule has 0 radical (unpaired) electrons. The van der Waals surface area contributed by atoms with Crippen LogP contribution in [0.5, 0.6) is 0 Å². The highest BCUT2D eigenvalue weighted by atomic mass is 19.4. The van der Waals surface area contributed by atoms with Gasteiger partial charge in [0.1, 0.15) is 0 Å². The molecule has 0 fully saturated rings. The normalized spacial score (nSPS) is 11.7. The lowest BCUT2D eigenvalue weighted by Crippen LogP contribution is -2.34. The smallest absolute Gasteiger partial charge is 0.355 e. The maximum atomic E-state index is 12.7. The molecule has 19 heavy (non-hydrogen) atoms. The molecule has 0 aliphatic rings. The highest BCUT2D eigenvalue weighted by Crippen LogP contribution is 2.31. The molecular weight excluding hydrogens is 257 g/mol. The van der Waals surface area contributed by atoms with Gasteiger partial charge in [0.25, 0.3) is 0 Å². The van der Waals surface area contributed by atoms with E-state index in [2.05, 4.69) is 5.32 Å². The SMILES string of the molecule is CN(C)CC(=O)NCCc1ccccc1C(F)(F)F. The van der Waals surface area contributed by atoms with Crippen LogP contribution < -0.4 is 5.32 Å².